The normalized spacial score (nSPS) is 23.9. The van der Waals surface area contributed by atoms with E-state index in [0.717, 1.165) is 37.3 Å². The number of benzene rings is 1. The molecule has 3 amide bonds. The fourth-order valence-corrected chi connectivity index (χ4v) is 5.46. The number of hydrogen-bond donors (Lipinski definition) is 2. The maximum absolute atomic E-state index is 13.7. The topological polar surface area (TPSA) is 93.8 Å². The van der Waals surface area contributed by atoms with Gasteiger partial charge in [0, 0.05) is 36.3 Å². The van der Waals surface area contributed by atoms with E-state index in [9.17, 15) is 9.59 Å². The highest BCUT2D eigenvalue weighted by Crippen LogP contribution is 2.41. The molecule has 2 saturated heterocycles. The highest BCUT2D eigenvalue weighted by atomic mass is 16.5. The van der Waals surface area contributed by atoms with Crippen molar-refractivity contribution in [3.8, 4) is 5.75 Å². The third kappa shape index (κ3) is 3.64. The number of nitrogens with one attached hydrogen (secondary N) is 2. The highest BCUT2D eigenvalue weighted by molar-refractivity contribution is 6.04. The van der Waals surface area contributed by atoms with Crippen LogP contribution >= 0.6 is 0 Å². The van der Waals surface area contributed by atoms with Crippen LogP contribution in [0, 0.1) is 0 Å². The molecule has 0 spiro atoms. The van der Waals surface area contributed by atoms with Crippen molar-refractivity contribution in [2.24, 2.45) is 0 Å². The molecule has 0 aliphatic carbocycles. The minimum Gasteiger partial charge on any atom is -0.497 e. The highest BCUT2D eigenvalue weighted by Gasteiger charge is 2.47. The average molecular weight is 453 g/mol. The summed E-state index contributed by atoms with van der Waals surface area (Å²) in [5, 5.41) is 10.4. The van der Waals surface area contributed by atoms with E-state index >= 15 is 0 Å². The summed E-state index contributed by atoms with van der Waals surface area (Å²) in [4.78, 5) is 32.9. The van der Waals surface area contributed by atoms with Gasteiger partial charge in [-0.3, -0.25) is 14.8 Å². The molecule has 33 heavy (non-hydrogen) atoms. The second-order valence-corrected chi connectivity index (χ2v) is 9.83. The van der Waals surface area contributed by atoms with E-state index in [1.165, 1.54) is 6.42 Å². The Morgan fingerprint density at radius 2 is 1.97 bits per heavy atom. The van der Waals surface area contributed by atoms with Crippen molar-refractivity contribution in [1.29, 1.82) is 0 Å². The summed E-state index contributed by atoms with van der Waals surface area (Å²) in [5.74, 6) is 0.916. The van der Waals surface area contributed by atoms with Crippen molar-refractivity contribution >= 4 is 17.8 Å². The molecule has 2 N–H and O–H groups in total. The van der Waals surface area contributed by atoms with Crippen molar-refractivity contribution in [3.63, 3.8) is 0 Å². The number of carbonyl (C=O) groups excluding carboxylic acids is 2. The number of rotatable bonds is 3. The summed E-state index contributed by atoms with van der Waals surface area (Å²) >= 11 is 0. The Morgan fingerprint density at radius 3 is 2.70 bits per heavy atom. The fraction of sp³-hybridized carbons (Fsp3) is 0.542. The van der Waals surface area contributed by atoms with Crippen LogP contribution in [0.25, 0.3) is 0 Å². The number of aromatic amines is 1. The molecule has 2 atom stereocenters. The lowest BCUT2D eigenvalue weighted by molar-refractivity contribution is 0.0454. The molecule has 1 aromatic heterocycles. The zero-order valence-corrected chi connectivity index (χ0v) is 19.7. The van der Waals surface area contributed by atoms with E-state index in [2.05, 4.69) is 27.3 Å². The maximum atomic E-state index is 13.7. The quantitative estimate of drug-likeness (QED) is 0.747. The Balaban J connectivity index is 1.33. The lowest BCUT2D eigenvalue weighted by Gasteiger charge is -2.45. The number of ether oxygens (including phenoxy) is 1. The number of H-pyrrole nitrogens is 1. The third-order valence-corrected chi connectivity index (χ3v) is 7.47. The SMILES string of the molecule is COc1ccc(C(=O)Nc2n[nH]c3c2CN(C(=O)N2C[C@@H]4CCCN4C[C@@H]2C)C3(C)C)cc1. The molecule has 4 heterocycles. The Bertz CT molecular complexity index is 1060. The standard InChI is InChI=1S/C24H32N6O3/c1-15-12-28-11-5-6-17(28)13-29(15)23(32)30-14-19-20(24(30,2)3)26-27-21(19)25-22(31)16-7-9-18(33-4)10-8-16/h7-10,15,17H,5-6,11-14H2,1-4H3,(H2,25,26,27,31)/t15-,17-/m0/s1. The summed E-state index contributed by atoms with van der Waals surface area (Å²) < 4.78 is 5.16. The molecule has 1 aromatic carbocycles. The predicted molar refractivity (Wildman–Crippen MR) is 124 cm³/mol. The largest absolute Gasteiger partial charge is 0.497 e. The van der Waals surface area contributed by atoms with E-state index < -0.39 is 5.54 Å². The van der Waals surface area contributed by atoms with Gasteiger partial charge in [-0.1, -0.05) is 0 Å². The molecule has 5 rings (SSSR count). The first-order chi connectivity index (χ1) is 15.8. The number of methoxy groups -OCH3 is 1. The van der Waals surface area contributed by atoms with Crippen molar-refractivity contribution in [1.82, 2.24) is 24.9 Å². The smallest absolute Gasteiger partial charge is 0.321 e. The molecule has 9 heteroatoms. The van der Waals surface area contributed by atoms with E-state index in [4.69, 9.17) is 4.74 Å². The summed E-state index contributed by atoms with van der Waals surface area (Å²) in [5.41, 5.74) is 1.70. The molecule has 2 fully saturated rings. The van der Waals surface area contributed by atoms with Crippen LogP contribution in [0.3, 0.4) is 0 Å². The van der Waals surface area contributed by atoms with Gasteiger partial charge < -0.3 is 19.9 Å². The Kier molecular flexibility index (Phi) is 5.31. The molecule has 2 aromatic rings. The van der Waals surface area contributed by atoms with Crippen LogP contribution in [-0.2, 0) is 12.1 Å². The van der Waals surface area contributed by atoms with Gasteiger partial charge in [0.15, 0.2) is 5.82 Å². The zero-order chi connectivity index (χ0) is 23.3. The first-order valence-electron chi connectivity index (χ1n) is 11.6. The number of fused-ring (bicyclic) bond motifs is 2. The van der Waals surface area contributed by atoms with Crippen LogP contribution in [0.1, 0.15) is 55.2 Å². The minimum absolute atomic E-state index is 0.0519. The van der Waals surface area contributed by atoms with Gasteiger partial charge in [0.2, 0.25) is 0 Å². The summed E-state index contributed by atoms with van der Waals surface area (Å²) in [7, 11) is 1.59. The van der Waals surface area contributed by atoms with Gasteiger partial charge in [-0.15, -0.1) is 0 Å². The number of carbonyl (C=O) groups is 2. The molecule has 0 bridgehead atoms. The van der Waals surface area contributed by atoms with Gasteiger partial charge in [0.05, 0.1) is 24.9 Å². The molecular formula is C24H32N6O3. The average Bonchev–Trinajstić information content (AvgIpc) is 3.49. The second-order valence-electron chi connectivity index (χ2n) is 9.83. The van der Waals surface area contributed by atoms with E-state index in [0.29, 0.717) is 29.7 Å². The van der Waals surface area contributed by atoms with Crippen LogP contribution in [0.2, 0.25) is 0 Å². The van der Waals surface area contributed by atoms with Gasteiger partial charge in [0.25, 0.3) is 5.91 Å². The maximum Gasteiger partial charge on any atom is 0.321 e. The van der Waals surface area contributed by atoms with Gasteiger partial charge in [-0.25, -0.2) is 4.79 Å². The third-order valence-electron chi connectivity index (χ3n) is 7.47. The molecule has 0 saturated carbocycles. The van der Waals surface area contributed by atoms with Gasteiger partial charge in [-0.2, -0.15) is 5.10 Å². The Labute approximate surface area is 194 Å². The first-order valence-corrected chi connectivity index (χ1v) is 11.6. The van der Waals surface area contributed by atoms with Gasteiger partial charge in [-0.05, 0) is 64.4 Å². The van der Waals surface area contributed by atoms with Crippen LogP contribution in [0.15, 0.2) is 24.3 Å². The number of hydrogen-bond acceptors (Lipinski definition) is 5. The van der Waals surface area contributed by atoms with Crippen molar-refractivity contribution in [2.75, 3.05) is 32.1 Å². The summed E-state index contributed by atoms with van der Waals surface area (Å²) in [6.45, 7) is 9.45. The lowest BCUT2D eigenvalue weighted by Crippen LogP contribution is -2.60. The monoisotopic (exact) mass is 452 g/mol. The van der Waals surface area contributed by atoms with E-state index in [1.807, 2.05) is 23.6 Å². The molecular weight excluding hydrogens is 420 g/mol. The van der Waals surface area contributed by atoms with E-state index in [-0.39, 0.29) is 18.0 Å². The molecule has 3 aliphatic heterocycles. The van der Waals surface area contributed by atoms with Crippen LogP contribution in [-0.4, -0.2) is 75.7 Å². The van der Waals surface area contributed by atoms with E-state index in [1.54, 1.807) is 31.4 Å². The van der Waals surface area contributed by atoms with Gasteiger partial charge in [0.1, 0.15) is 5.75 Å². The van der Waals surface area contributed by atoms with Crippen LogP contribution in [0.5, 0.6) is 5.75 Å². The molecule has 0 unspecified atom stereocenters. The fourth-order valence-electron chi connectivity index (χ4n) is 5.46. The van der Waals surface area contributed by atoms with Crippen LogP contribution in [0.4, 0.5) is 10.6 Å². The molecule has 9 nitrogen and oxygen atoms in total. The summed E-state index contributed by atoms with van der Waals surface area (Å²) in [6.07, 6.45) is 2.37. The molecule has 3 aliphatic rings. The molecule has 176 valence electrons. The minimum atomic E-state index is -0.547. The molecule has 0 radical (unpaired) electrons. The number of piperazine rings is 1. The predicted octanol–water partition coefficient (Wildman–Crippen LogP) is 3.01. The van der Waals surface area contributed by atoms with Crippen molar-refractivity contribution in [2.45, 2.75) is 57.8 Å². The van der Waals surface area contributed by atoms with Crippen molar-refractivity contribution < 1.29 is 14.3 Å². The van der Waals surface area contributed by atoms with Gasteiger partial charge >= 0.3 is 6.03 Å². The van der Waals surface area contributed by atoms with Crippen molar-refractivity contribution in [3.05, 3.63) is 41.1 Å². The number of anilines is 1. The number of nitrogens with zero attached hydrogens (tertiary/aromatic N) is 4. The number of amides is 3. The zero-order valence-electron chi connectivity index (χ0n) is 19.7. The first kappa shape index (κ1) is 21.8. The Morgan fingerprint density at radius 1 is 1.21 bits per heavy atom. The second kappa shape index (κ2) is 8.06. The number of urea groups is 1. The number of aromatic nitrogens is 2. The lowest BCUT2D eigenvalue weighted by atomic mass is 10.0. The Hall–Kier alpha value is -3.07. The van der Waals surface area contributed by atoms with Crippen LogP contribution < -0.4 is 10.1 Å². The summed E-state index contributed by atoms with van der Waals surface area (Å²) in [6, 6.07) is 7.62.